The van der Waals surface area contributed by atoms with Gasteiger partial charge >= 0.3 is 0 Å². The number of rotatable bonds is 4. The molecule has 20 heavy (non-hydrogen) atoms. The van der Waals surface area contributed by atoms with E-state index in [0.29, 0.717) is 13.2 Å². The number of nitrogens with one attached hydrogen (secondary N) is 1. The number of anilines is 1. The van der Waals surface area contributed by atoms with Crippen LogP contribution >= 0.6 is 0 Å². The van der Waals surface area contributed by atoms with Crippen molar-refractivity contribution in [2.45, 2.75) is 25.4 Å². The van der Waals surface area contributed by atoms with E-state index < -0.39 is 10.8 Å². The molecule has 0 aromatic heterocycles. The molecule has 1 amide bonds. The number of nitro benzene ring substituents is 1. The lowest BCUT2D eigenvalue weighted by Gasteiger charge is -2.23. The number of carbonyl (C=O) groups excluding carboxylic acids is 1. The van der Waals surface area contributed by atoms with E-state index >= 15 is 0 Å². The average Bonchev–Trinajstić information content (AvgIpc) is 2.83. The summed E-state index contributed by atoms with van der Waals surface area (Å²) in [4.78, 5) is 22.3. The van der Waals surface area contributed by atoms with Gasteiger partial charge in [0, 0.05) is 19.2 Å². The molecule has 0 bridgehead atoms. The first-order valence-corrected chi connectivity index (χ1v) is 6.38. The van der Waals surface area contributed by atoms with Crippen LogP contribution < -0.4 is 11.1 Å². The number of ether oxygens (including phenoxy) is 1. The molecule has 1 unspecified atom stereocenters. The molecule has 0 saturated carbocycles. The van der Waals surface area contributed by atoms with Gasteiger partial charge in [0.1, 0.15) is 5.69 Å². The van der Waals surface area contributed by atoms with E-state index in [0.717, 1.165) is 12.8 Å². The lowest BCUT2D eigenvalue weighted by atomic mass is 10.0. The number of carbonyl (C=O) groups is 1. The number of para-hydroxylation sites is 1. The number of benzene rings is 1. The summed E-state index contributed by atoms with van der Waals surface area (Å²) in [6.45, 7) is 2.97. The molecule has 3 N–H and O–H groups in total. The van der Waals surface area contributed by atoms with E-state index in [-0.39, 0.29) is 22.5 Å². The normalized spacial score (nSPS) is 21.6. The zero-order valence-corrected chi connectivity index (χ0v) is 11.2. The van der Waals surface area contributed by atoms with Crippen molar-refractivity contribution < 1.29 is 14.5 Å². The van der Waals surface area contributed by atoms with Gasteiger partial charge in [-0.1, -0.05) is 6.07 Å². The minimum Gasteiger partial charge on any atom is -0.393 e. The lowest BCUT2D eigenvalue weighted by molar-refractivity contribution is -0.383. The molecule has 0 aliphatic carbocycles. The summed E-state index contributed by atoms with van der Waals surface area (Å²) < 4.78 is 5.56. The molecule has 1 aliphatic heterocycles. The number of nitro groups is 1. The highest BCUT2D eigenvalue weighted by molar-refractivity contribution is 6.01. The second-order valence-corrected chi connectivity index (χ2v) is 5.08. The molecule has 2 rings (SSSR count). The topological polar surface area (TPSA) is 107 Å². The van der Waals surface area contributed by atoms with Crippen molar-refractivity contribution in [3.05, 3.63) is 33.9 Å². The first-order chi connectivity index (χ1) is 9.43. The Kier molecular flexibility index (Phi) is 3.89. The fourth-order valence-corrected chi connectivity index (χ4v) is 2.25. The van der Waals surface area contributed by atoms with E-state index in [1.165, 1.54) is 18.2 Å². The van der Waals surface area contributed by atoms with Gasteiger partial charge in [-0.3, -0.25) is 14.9 Å². The summed E-state index contributed by atoms with van der Waals surface area (Å²) in [7, 11) is 0. The molecule has 1 heterocycles. The second-order valence-electron chi connectivity index (χ2n) is 5.08. The van der Waals surface area contributed by atoms with Crippen LogP contribution in [0.25, 0.3) is 0 Å². The second kappa shape index (κ2) is 5.46. The molecule has 1 fully saturated rings. The molecule has 1 aliphatic rings. The van der Waals surface area contributed by atoms with Gasteiger partial charge < -0.3 is 15.8 Å². The lowest BCUT2D eigenvalue weighted by Crippen LogP contribution is -2.40. The van der Waals surface area contributed by atoms with E-state index in [4.69, 9.17) is 10.5 Å². The number of nitrogens with zero attached hydrogens (tertiary/aromatic N) is 1. The van der Waals surface area contributed by atoms with Gasteiger partial charge in [-0.2, -0.15) is 0 Å². The molecular weight excluding hydrogens is 262 g/mol. The van der Waals surface area contributed by atoms with E-state index in [1.54, 1.807) is 0 Å². The zero-order chi connectivity index (χ0) is 14.8. The monoisotopic (exact) mass is 279 g/mol. The molecular formula is C13H17N3O4. The average molecular weight is 279 g/mol. The fourth-order valence-electron chi connectivity index (χ4n) is 2.25. The van der Waals surface area contributed by atoms with Crippen LogP contribution in [0, 0.1) is 10.1 Å². The Hall–Kier alpha value is -2.15. The molecule has 7 nitrogen and oxygen atoms in total. The Labute approximate surface area is 116 Å². The van der Waals surface area contributed by atoms with Crippen molar-refractivity contribution in [1.29, 1.82) is 0 Å². The largest absolute Gasteiger partial charge is 0.393 e. The van der Waals surface area contributed by atoms with E-state index in [9.17, 15) is 14.9 Å². The Morgan fingerprint density at radius 2 is 2.35 bits per heavy atom. The number of amides is 1. The molecule has 0 radical (unpaired) electrons. The van der Waals surface area contributed by atoms with E-state index in [2.05, 4.69) is 5.32 Å². The maximum absolute atomic E-state index is 12.1. The molecule has 1 atom stereocenters. The highest BCUT2D eigenvalue weighted by Gasteiger charge is 2.30. The minimum absolute atomic E-state index is 0.112. The molecule has 7 heteroatoms. The summed E-state index contributed by atoms with van der Waals surface area (Å²) in [6.07, 6.45) is 1.84. The van der Waals surface area contributed by atoms with Crippen LogP contribution in [0.2, 0.25) is 0 Å². The van der Waals surface area contributed by atoms with Crippen molar-refractivity contribution in [1.82, 2.24) is 5.32 Å². The molecule has 108 valence electrons. The third kappa shape index (κ3) is 2.88. The fraction of sp³-hybridized carbons (Fsp3) is 0.462. The van der Waals surface area contributed by atoms with Crippen molar-refractivity contribution in [2.75, 3.05) is 18.9 Å². The van der Waals surface area contributed by atoms with Crippen LogP contribution in [0.1, 0.15) is 30.1 Å². The number of nitrogen functional groups attached to an aromatic ring is 1. The highest BCUT2D eigenvalue weighted by Crippen LogP contribution is 2.26. The predicted octanol–water partition coefficient (Wildman–Crippen LogP) is 1.48. The van der Waals surface area contributed by atoms with Gasteiger partial charge in [0.25, 0.3) is 11.6 Å². The number of hydrogen-bond donors (Lipinski definition) is 2. The van der Waals surface area contributed by atoms with Crippen LogP contribution in [0.5, 0.6) is 0 Å². The summed E-state index contributed by atoms with van der Waals surface area (Å²) in [5, 5.41) is 13.5. The van der Waals surface area contributed by atoms with Gasteiger partial charge in [-0.25, -0.2) is 0 Å². The summed E-state index contributed by atoms with van der Waals surface area (Å²) in [5.41, 5.74) is 5.03. The van der Waals surface area contributed by atoms with Crippen LogP contribution in [0.4, 0.5) is 11.4 Å². The SMILES string of the molecule is CC1(CNC(=O)c2cccc([N+](=O)[O-])c2N)CCCO1. The van der Waals surface area contributed by atoms with Crippen molar-refractivity contribution in [3.63, 3.8) is 0 Å². The Bertz CT molecular complexity index is 538. The van der Waals surface area contributed by atoms with Gasteiger partial charge in [0.2, 0.25) is 0 Å². The first-order valence-electron chi connectivity index (χ1n) is 6.38. The third-order valence-corrected chi connectivity index (χ3v) is 3.45. The Morgan fingerprint density at radius 1 is 1.60 bits per heavy atom. The standard InChI is InChI=1S/C13H17N3O4/c1-13(6-3-7-20-13)8-15-12(17)9-4-2-5-10(11(9)14)16(18)19/h2,4-5H,3,6-8,14H2,1H3,(H,15,17). The van der Waals surface area contributed by atoms with Gasteiger partial charge in [0.15, 0.2) is 0 Å². The summed E-state index contributed by atoms with van der Waals surface area (Å²) >= 11 is 0. The zero-order valence-electron chi connectivity index (χ0n) is 11.2. The minimum atomic E-state index is -0.604. The van der Waals surface area contributed by atoms with Crippen LogP contribution in [0.15, 0.2) is 18.2 Å². The van der Waals surface area contributed by atoms with E-state index in [1.807, 2.05) is 6.92 Å². The van der Waals surface area contributed by atoms with Crippen molar-refractivity contribution >= 4 is 17.3 Å². The third-order valence-electron chi connectivity index (χ3n) is 3.45. The molecule has 1 aromatic rings. The van der Waals surface area contributed by atoms with Crippen LogP contribution in [0.3, 0.4) is 0 Å². The summed E-state index contributed by atoms with van der Waals surface area (Å²) in [6, 6.07) is 4.18. The number of nitrogens with two attached hydrogens (primary N) is 1. The quantitative estimate of drug-likeness (QED) is 0.493. The predicted molar refractivity (Wildman–Crippen MR) is 73.4 cm³/mol. The van der Waals surface area contributed by atoms with Crippen molar-refractivity contribution in [2.24, 2.45) is 0 Å². The first kappa shape index (κ1) is 14.3. The van der Waals surface area contributed by atoms with Gasteiger partial charge in [-0.05, 0) is 25.8 Å². The smallest absolute Gasteiger partial charge is 0.292 e. The molecule has 1 saturated heterocycles. The number of hydrogen-bond acceptors (Lipinski definition) is 5. The van der Waals surface area contributed by atoms with Gasteiger partial charge in [-0.15, -0.1) is 0 Å². The van der Waals surface area contributed by atoms with Crippen LogP contribution in [-0.2, 0) is 4.74 Å². The Balaban J connectivity index is 2.09. The van der Waals surface area contributed by atoms with Crippen molar-refractivity contribution in [3.8, 4) is 0 Å². The Morgan fingerprint density at radius 3 is 2.95 bits per heavy atom. The maximum atomic E-state index is 12.1. The molecule has 1 aromatic carbocycles. The summed E-state index contributed by atoms with van der Waals surface area (Å²) in [5.74, 6) is -0.428. The van der Waals surface area contributed by atoms with Gasteiger partial charge in [0.05, 0.1) is 16.1 Å². The van der Waals surface area contributed by atoms with Crippen LogP contribution in [-0.4, -0.2) is 29.6 Å². The maximum Gasteiger partial charge on any atom is 0.292 e. The highest BCUT2D eigenvalue weighted by atomic mass is 16.6. The molecule has 0 spiro atoms.